The summed E-state index contributed by atoms with van der Waals surface area (Å²) in [6, 6.07) is 9.15. The summed E-state index contributed by atoms with van der Waals surface area (Å²) >= 11 is 0. The van der Waals surface area contributed by atoms with E-state index in [1.54, 1.807) is 6.92 Å². The summed E-state index contributed by atoms with van der Waals surface area (Å²) in [6.07, 6.45) is 5.10. The van der Waals surface area contributed by atoms with Gasteiger partial charge in [0, 0.05) is 18.1 Å². The smallest absolute Gasteiger partial charge is 0.340 e. The van der Waals surface area contributed by atoms with Gasteiger partial charge in [-0.05, 0) is 18.1 Å². The fourth-order valence-corrected chi connectivity index (χ4v) is 2.34. The van der Waals surface area contributed by atoms with Crippen LogP contribution in [0, 0.1) is 5.92 Å². The Kier molecular flexibility index (Phi) is 8.04. The van der Waals surface area contributed by atoms with Crippen LogP contribution in [0.4, 0.5) is 0 Å². The number of benzene rings is 1. The van der Waals surface area contributed by atoms with Gasteiger partial charge in [-0.25, -0.2) is 9.59 Å². The van der Waals surface area contributed by atoms with E-state index in [1.807, 2.05) is 37.3 Å². The number of hydrogen-bond acceptors (Lipinski definition) is 4. The van der Waals surface area contributed by atoms with Crippen LogP contribution < -0.4 is 0 Å². The Labute approximate surface area is 147 Å². The molecule has 136 valence electrons. The van der Waals surface area contributed by atoms with E-state index in [-0.39, 0.29) is 12.2 Å². The van der Waals surface area contributed by atoms with Crippen LogP contribution >= 0.6 is 0 Å². The monoisotopic (exact) mass is 348 g/mol. The molecular weight excluding hydrogens is 324 g/mol. The van der Waals surface area contributed by atoms with Crippen LogP contribution in [-0.4, -0.2) is 39.5 Å². The second-order valence-corrected chi connectivity index (χ2v) is 5.60. The summed E-state index contributed by atoms with van der Waals surface area (Å²) in [5, 5.41) is 26.6. The molecular formula is C19H24O6. The number of rotatable bonds is 6. The van der Waals surface area contributed by atoms with Crippen molar-refractivity contribution in [1.29, 1.82) is 0 Å². The predicted octanol–water partition coefficient (Wildman–Crippen LogP) is 2.63. The first-order chi connectivity index (χ1) is 11.9. The number of aliphatic hydroxyl groups excluding tert-OH is 1. The van der Waals surface area contributed by atoms with Crippen molar-refractivity contribution in [3.8, 4) is 0 Å². The van der Waals surface area contributed by atoms with E-state index in [9.17, 15) is 14.7 Å². The molecule has 0 fully saturated rings. The minimum absolute atomic E-state index is 0.0213. The standard InChI is InChI=1S/C16H16O5.C3H8O/c1-11-13(14(17)18)8-5-9-16(11,15(19)20)21-10-12-6-3-2-4-7-12;1-2-3-4/h2-9,11H,10H2,1H3,(H,17,18)(H,19,20);4H,2-3H2,1H3. The number of aliphatic carboxylic acids is 2. The van der Waals surface area contributed by atoms with Crippen molar-refractivity contribution in [3.63, 3.8) is 0 Å². The van der Waals surface area contributed by atoms with Gasteiger partial charge in [0.15, 0.2) is 5.60 Å². The zero-order valence-electron chi connectivity index (χ0n) is 14.4. The lowest BCUT2D eigenvalue weighted by atomic mass is 9.79. The quantitative estimate of drug-likeness (QED) is 0.730. The molecule has 25 heavy (non-hydrogen) atoms. The van der Waals surface area contributed by atoms with Gasteiger partial charge in [-0.15, -0.1) is 0 Å². The lowest BCUT2D eigenvalue weighted by Crippen LogP contribution is -2.48. The molecule has 0 saturated heterocycles. The number of carboxylic acids is 2. The highest BCUT2D eigenvalue weighted by Crippen LogP contribution is 2.34. The van der Waals surface area contributed by atoms with Crippen molar-refractivity contribution in [3.05, 3.63) is 59.7 Å². The summed E-state index contributed by atoms with van der Waals surface area (Å²) in [5.41, 5.74) is -0.823. The van der Waals surface area contributed by atoms with Gasteiger partial charge >= 0.3 is 11.9 Å². The van der Waals surface area contributed by atoms with Crippen LogP contribution in [0.3, 0.4) is 0 Å². The summed E-state index contributed by atoms with van der Waals surface area (Å²) in [7, 11) is 0. The third kappa shape index (κ3) is 5.27. The number of ether oxygens (including phenoxy) is 1. The highest BCUT2D eigenvalue weighted by molar-refractivity contribution is 5.92. The molecule has 1 aromatic rings. The highest BCUT2D eigenvalue weighted by atomic mass is 16.5. The second-order valence-electron chi connectivity index (χ2n) is 5.60. The Hall–Kier alpha value is -2.44. The molecule has 0 bridgehead atoms. The fraction of sp³-hybridized carbons (Fsp3) is 0.368. The van der Waals surface area contributed by atoms with E-state index < -0.39 is 23.5 Å². The van der Waals surface area contributed by atoms with Crippen molar-refractivity contribution in [2.45, 2.75) is 32.5 Å². The van der Waals surface area contributed by atoms with Gasteiger partial charge in [0.05, 0.1) is 6.61 Å². The van der Waals surface area contributed by atoms with Gasteiger partial charge in [0.1, 0.15) is 0 Å². The molecule has 0 amide bonds. The average Bonchev–Trinajstić information content (AvgIpc) is 2.61. The molecule has 6 heteroatoms. The number of carboxylic acid groups (broad SMARTS) is 2. The first-order valence-corrected chi connectivity index (χ1v) is 8.03. The molecule has 0 spiro atoms. The molecule has 1 aliphatic rings. The zero-order chi connectivity index (χ0) is 18.9. The van der Waals surface area contributed by atoms with Gasteiger partial charge in [0.2, 0.25) is 0 Å². The maximum absolute atomic E-state index is 11.7. The van der Waals surface area contributed by atoms with Crippen LogP contribution in [0.15, 0.2) is 54.1 Å². The van der Waals surface area contributed by atoms with E-state index in [4.69, 9.17) is 14.9 Å². The van der Waals surface area contributed by atoms with Crippen LogP contribution in [0.25, 0.3) is 0 Å². The molecule has 6 nitrogen and oxygen atoms in total. The van der Waals surface area contributed by atoms with Gasteiger partial charge in [-0.3, -0.25) is 0 Å². The molecule has 2 rings (SSSR count). The molecule has 1 aromatic carbocycles. The molecule has 2 atom stereocenters. The normalized spacial score (nSPS) is 21.7. The van der Waals surface area contributed by atoms with Gasteiger partial charge in [0.25, 0.3) is 0 Å². The van der Waals surface area contributed by atoms with Crippen LogP contribution in [0.5, 0.6) is 0 Å². The number of aliphatic hydroxyl groups is 1. The van der Waals surface area contributed by atoms with Crippen molar-refractivity contribution in [2.75, 3.05) is 6.61 Å². The maximum Gasteiger partial charge on any atom is 0.340 e. The number of allylic oxidation sites excluding steroid dienone is 2. The molecule has 0 radical (unpaired) electrons. The summed E-state index contributed by atoms with van der Waals surface area (Å²) < 4.78 is 5.62. The third-order valence-corrected chi connectivity index (χ3v) is 3.85. The van der Waals surface area contributed by atoms with Crippen molar-refractivity contribution < 1.29 is 29.6 Å². The first-order valence-electron chi connectivity index (χ1n) is 8.03. The van der Waals surface area contributed by atoms with Gasteiger partial charge in [-0.2, -0.15) is 0 Å². The Morgan fingerprint density at radius 3 is 2.28 bits per heavy atom. The Morgan fingerprint density at radius 2 is 1.80 bits per heavy atom. The topological polar surface area (TPSA) is 104 Å². The Morgan fingerprint density at radius 1 is 1.20 bits per heavy atom. The average molecular weight is 348 g/mol. The maximum atomic E-state index is 11.7. The molecule has 1 aliphatic carbocycles. The highest BCUT2D eigenvalue weighted by Gasteiger charge is 2.47. The van der Waals surface area contributed by atoms with Gasteiger partial charge < -0.3 is 20.1 Å². The number of hydrogen-bond donors (Lipinski definition) is 3. The third-order valence-electron chi connectivity index (χ3n) is 3.85. The molecule has 0 heterocycles. The SMILES string of the molecule is CC1C(C(=O)O)=CC=CC1(OCc1ccccc1)C(=O)O.CCCO. The lowest BCUT2D eigenvalue weighted by Gasteiger charge is -2.34. The van der Waals surface area contributed by atoms with Crippen molar-refractivity contribution in [2.24, 2.45) is 5.92 Å². The lowest BCUT2D eigenvalue weighted by molar-refractivity contribution is -0.166. The Bertz CT molecular complexity index is 633. The Balaban J connectivity index is 0.000000705. The fourth-order valence-electron chi connectivity index (χ4n) is 2.34. The van der Waals surface area contributed by atoms with Crippen LogP contribution in [0.2, 0.25) is 0 Å². The van der Waals surface area contributed by atoms with E-state index in [0.717, 1.165) is 12.0 Å². The molecule has 3 N–H and O–H groups in total. The summed E-state index contributed by atoms with van der Waals surface area (Å²) in [4.78, 5) is 22.9. The molecule has 2 unspecified atom stereocenters. The molecule has 0 aliphatic heterocycles. The largest absolute Gasteiger partial charge is 0.479 e. The molecule has 0 saturated carbocycles. The van der Waals surface area contributed by atoms with Crippen molar-refractivity contribution in [1.82, 2.24) is 0 Å². The summed E-state index contributed by atoms with van der Waals surface area (Å²) in [6.45, 7) is 3.89. The minimum Gasteiger partial charge on any atom is -0.479 e. The van der Waals surface area contributed by atoms with E-state index in [0.29, 0.717) is 6.61 Å². The van der Waals surface area contributed by atoms with Crippen molar-refractivity contribution >= 4 is 11.9 Å². The second kappa shape index (κ2) is 9.76. The van der Waals surface area contributed by atoms with E-state index >= 15 is 0 Å². The van der Waals surface area contributed by atoms with Crippen LogP contribution in [0.1, 0.15) is 25.8 Å². The molecule has 0 aromatic heterocycles. The van der Waals surface area contributed by atoms with Gasteiger partial charge in [-0.1, -0.05) is 56.3 Å². The van der Waals surface area contributed by atoms with E-state index in [1.165, 1.54) is 18.2 Å². The number of carbonyl (C=O) groups is 2. The summed E-state index contributed by atoms with van der Waals surface area (Å²) in [5.74, 6) is -3.13. The minimum atomic E-state index is -1.67. The van der Waals surface area contributed by atoms with Crippen LogP contribution in [-0.2, 0) is 20.9 Å². The predicted molar refractivity (Wildman–Crippen MR) is 93.0 cm³/mol. The van der Waals surface area contributed by atoms with E-state index in [2.05, 4.69) is 0 Å². The zero-order valence-corrected chi connectivity index (χ0v) is 14.4. The first kappa shape index (κ1) is 20.6.